The van der Waals surface area contributed by atoms with Crippen molar-refractivity contribution >= 4 is 11.9 Å². The predicted molar refractivity (Wildman–Crippen MR) is 108 cm³/mol. The summed E-state index contributed by atoms with van der Waals surface area (Å²) in [5.41, 5.74) is 0.890. The van der Waals surface area contributed by atoms with Gasteiger partial charge in [-0.05, 0) is 49.1 Å². The number of ether oxygens (including phenoxy) is 1. The first kappa shape index (κ1) is 24.7. The van der Waals surface area contributed by atoms with E-state index in [4.69, 9.17) is 19.1 Å². The lowest BCUT2D eigenvalue weighted by atomic mass is 9.89. The number of carboxylic acids is 1. The number of rotatable bonds is 4. The molecule has 11 heteroatoms. The average molecular weight is 472 g/mol. The summed E-state index contributed by atoms with van der Waals surface area (Å²) in [6.07, 6.45) is -1.02. The summed E-state index contributed by atoms with van der Waals surface area (Å²) in [5.74, 6) is -2.79. The molecule has 33 heavy (non-hydrogen) atoms. The Morgan fingerprint density at radius 3 is 2.52 bits per heavy atom. The molecule has 0 aliphatic carbocycles. The largest absolute Gasteiger partial charge is 0.490 e. The van der Waals surface area contributed by atoms with Crippen molar-refractivity contribution in [2.75, 3.05) is 19.7 Å². The Balaban J connectivity index is 0.000000383. The fraction of sp³-hybridized carbons (Fsp3) is 0.455. The Bertz CT molecular complexity index is 933. The molecule has 2 fully saturated rings. The average Bonchev–Trinajstić information content (AvgIpc) is 3.41. The summed E-state index contributed by atoms with van der Waals surface area (Å²) in [4.78, 5) is 23.5. The summed E-state index contributed by atoms with van der Waals surface area (Å²) in [5, 5.41) is 10.2. The maximum absolute atomic E-state index is 13.1. The Hall–Kier alpha value is -2.92. The van der Waals surface area contributed by atoms with Crippen LogP contribution in [0.4, 0.5) is 17.6 Å². The fourth-order valence-corrected chi connectivity index (χ4v) is 4.01. The summed E-state index contributed by atoms with van der Waals surface area (Å²) < 4.78 is 56.1. The monoisotopic (exact) mass is 472 g/mol. The molecule has 1 aromatic carbocycles. The van der Waals surface area contributed by atoms with Gasteiger partial charge in [0.2, 0.25) is 0 Å². The minimum absolute atomic E-state index is 0.0899. The van der Waals surface area contributed by atoms with Crippen LogP contribution in [0.1, 0.15) is 35.4 Å². The number of aliphatic carboxylic acids is 1. The van der Waals surface area contributed by atoms with Gasteiger partial charge in [0, 0.05) is 32.3 Å². The Morgan fingerprint density at radius 2 is 1.91 bits per heavy atom. The van der Waals surface area contributed by atoms with Gasteiger partial charge >= 0.3 is 12.1 Å². The number of amides is 1. The predicted octanol–water partition coefficient (Wildman–Crippen LogP) is 3.61. The molecular formula is C22H24F4N2O5. The molecule has 2 N–H and O–H groups in total. The van der Waals surface area contributed by atoms with Crippen molar-refractivity contribution in [2.24, 2.45) is 0 Å². The Labute approximate surface area is 187 Å². The Kier molecular flexibility index (Phi) is 7.75. The minimum atomic E-state index is -5.08. The van der Waals surface area contributed by atoms with Gasteiger partial charge in [0.05, 0.1) is 11.9 Å². The van der Waals surface area contributed by atoms with Gasteiger partial charge in [0.25, 0.3) is 5.91 Å². The molecule has 2 saturated heterocycles. The molecule has 2 aromatic rings. The van der Waals surface area contributed by atoms with E-state index in [1.165, 1.54) is 18.4 Å². The van der Waals surface area contributed by atoms with E-state index in [9.17, 15) is 22.4 Å². The number of furan rings is 1. The maximum Gasteiger partial charge on any atom is 0.490 e. The molecule has 2 atom stereocenters. The van der Waals surface area contributed by atoms with Crippen LogP contribution in [-0.4, -0.2) is 59.4 Å². The number of benzene rings is 1. The first-order valence-corrected chi connectivity index (χ1v) is 10.3. The van der Waals surface area contributed by atoms with Crippen molar-refractivity contribution in [3.8, 4) is 0 Å². The normalized spacial score (nSPS) is 23.1. The highest BCUT2D eigenvalue weighted by Crippen LogP contribution is 2.35. The van der Waals surface area contributed by atoms with E-state index in [1.54, 1.807) is 12.1 Å². The standard InChI is InChI=1S/C20H23FN2O3.C2HF3O2/c21-16-5-3-15(4-6-16)13-23-9-8-20(14-23)12-17(7-11-26-20)22-19(24)18-2-1-10-25-18;3-2(4,5)1(6)7/h1-6,10,17H,7-9,11-14H2,(H,22,24);(H,6,7)/t17-,20+;/m0./s1. The van der Waals surface area contributed by atoms with E-state index in [-0.39, 0.29) is 23.4 Å². The van der Waals surface area contributed by atoms with Gasteiger partial charge in [0.1, 0.15) is 5.82 Å². The molecule has 4 rings (SSSR count). The zero-order chi connectivity index (χ0) is 24.1. The van der Waals surface area contributed by atoms with Crippen molar-refractivity contribution in [2.45, 2.75) is 43.6 Å². The molecule has 7 nitrogen and oxygen atoms in total. The van der Waals surface area contributed by atoms with E-state index in [0.29, 0.717) is 12.4 Å². The summed E-state index contributed by atoms with van der Waals surface area (Å²) in [6.45, 7) is 3.20. The van der Waals surface area contributed by atoms with Crippen LogP contribution >= 0.6 is 0 Å². The van der Waals surface area contributed by atoms with Crippen LogP contribution in [0.3, 0.4) is 0 Å². The second-order valence-corrected chi connectivity index (χ2v) is 8.06. The first-order chi connectivity index (χ1) is 15.6. The SMILES string of the molecule is O=C(N[C@H]1CCO[C@]2(CCN(Cc3ccc(F)cc3)C2)C1)c1ccco1.O=C(O)C(F)(F)F. The molecular weight excluding hydrogens is 448 g/mol. The van der Waals surface area contributed by atoms with Gasteiger partial charge in [-0.2, -0.15) is 13.2 Å². The number of nitrogens with one attached hydrogen (secondary N) is 1. The second-order valence-electron chi connectivity index (χ2n) is 8.06. The lowest BCUT2D eigenvalue weighted by molar-refractivity contribution is -0.192. The highest BCUT2D eigenvalue weighted by atomic mass is 19.4. The molecule has 3 heterocycles. The van der Waals surface area contributed by atoms with Crippen molar-refractivity contribution in [1.29, 1.82) is 0 Å². The van der Waals surface area contributed by atoms with Crippen LogP contribution in [0, 0.1) is 5.82 Å². The van der Waals surface area contributed by atoms with E-state index in [2.05, 4.69) is 10.2 Å². The van der Waals surface area contributed by atoms with E-state index < -0.39 is 12.1 Å². The highest BCUT2D eigenvalue weighted by molar-refractivity contribution is 5.91. The summed E-state index contributed by atoms with van der Waals surface area (Å²) in [7, 11) is 0. The third-order valence-electron chi connectivity index (χ3n) is 5.53. The van der Waals surface area contributed by atoms with Gasteiger partial charge in [-0.3, -0.25) is 9.69 Å². The topological polar surface area (TPSA) is 92.0 Å². The van der Waals surface area contributed by atoms with E-state index >= 15 is 0 Å². The molecule has 1 amide bonds. The second kappa shape index (κ2) is 10.3. The molecule has 0 bridgehead atoms. The summed E-state index contributed by atoms with van der Waals surface area (Å²) in [6, 6.07) is 10.1. The van der Waals surface area contributed by atoms with Gasteiger partial charge in [-0.25, -0.2) is 9.18 Å². The van der Waals surface area contributed by atoms with Crippen molar-refractivity contribution in [3.05, 3.63) is 59.8 Å². The lowest BCUT2D eigenvalue weighted by Crippen LogP contribution is -2.49. The quantitative estimate of drug-likeness (QED) is 0.661. The van der Waals surface area contributed by atoms with Crippen LogP contribution in [0.15, 0.2) is 47.1 Å². The van der Waals surface area contributed by atoms with Crippen LogP contribution in [0.25, 0.3) is 0 Å². The third-order valence-corrected chi connectivity index (χ3v) is 5.53. The van der Waals surface area contributed by atoms with Crippen molar-refractivity contribution in [1.82, 2.24) is 10.2 Å². The zero-order valence-corrected chi connectivity index (χ0v) is 17.6. The van der Waals surface area contributed by atoms with E-state index in [1.807, 2.05) is 12.1 Å². The minimum Gasteiger partial charge on any atom is -0.475 e. The van der Waals surface area contributed by atoms with Crippen LogP contribution in [0.2, 0.25) is 0 Å². The molecule has 2 aliphatic heterocycles. The van der Waals surface area contributed by atoms with E-state index in [0.717, 1.165) is 44.5 Å². The van der Waals surface area contributed by atoms with Crippen LogP contribution in [-0.2, 0) is 16.1 Å². The third kappa shape index (κ3) is 7.03. The summed E-state index contributed by atoms with van der Waals surface area (Å²) >= 11 is 0. The number of likely N-dealkylation sites (tertiary alicyclic amines) is 1. The zero-order valence-electron chi connectivity index (χ0n) is 17.6. The molecule has 0 saturated carbocycles. The number of halogens is 4. The first-order valence-electron chi connectivity index (χ1n) is 10.3. The fourth-order valence-electron chi connectivity index (χ4n) is 4.01. The number of alkyl halides is 3. The molecule has 1 spiro atoms. The van der Waals surface area contributed by atoms with Gasteiger partial charge < -0.3 is 19.6 Å². The van der Waals surface area contributed by atoms with Crippen LogP contribution < -0.4 is 5.32 Å². The van der Waals surface area contributed by atoms with Gasteiger partial charge in [-0.1, -0.05) is 12.1 Å². The van der Waals surface area contributed by atoms with Gasteiger partial charge in [-0.15, -0.1) is 0 Å². The number of hydrogen-bond donors (Lipinski definition) is 2. The highest BCUT2D eigenvalue weighted by Gasteiger charge is 2.43. The molecule has 2 aliphatic rings. The molecule has 1 aromatic heterocycles. The lowest BCUT2D eigenvalue weighted by Gasteiger charge is -2.38. The number of carboxylic acid groups (broad SMARTS) is 1. The molecule has 0 radical (unpaired) electrons. The Morgan fingerprint density at radius 1 is 1.21 bits per heavy atom. The maximum atomic E-state index is 13.1. The number of carbonyl (C=O) groups excluding carboxylic acids is 1. The number of carbonyl (C=O) groups is 2. The molecule has 180 valence electrons. The van der Waals surface area contributed by atoms with Crippen LogP contribution in [0.5, 0.6) is 0 Å². The smallest absolute Gasteiger partial charge is 0.475 e. The number of hydrogen-bond acceptors (Lipinski definition) is 5. The molecule has 0 unspecified atom stereocenters. The van der Waals surface area contributed by atoms with Gasteiger partial charge in [0.15, 0.2) is 5.76 Å². The van der Waals surface area contributed by atoms with Crippen molar-refractivity contribution < 1.29 is 41.4 Å². The van der Waals surface area contributed by atoms with Crippen molar-refractivity contribution in [3.63, 3.8) is 0 Å². The number of nitrogens with zero attached hydrogens (tertiary/aromatic N) is 1.